The van der Waals surface area contributed by atoms with Crippen molar-refractivity contribution in [1.82, 2.24) is 5.01 Å². The minimum absolute atomic E-state index is 0.0162. The molecule has 2 heterocycles. The van der Waals surface area contributed by atoms with Gasteiger partial charge in [-0.05, 0) is 34.1 Å². The highest BCUT2D eigenvalue weighted by Crippen LogP contribution is 2.32. The highest BCUT2D eigenvalue weighted by molar-refractivity contribution is 9.10. The number of hydrogen-bond donors (Lipinski definition) is 0. The standard InChI is InChI=1S/C14H8BrN3O4S2/c15-11-5-8(18(20)21)1-3-10(11)12-4-2-9(22-12)6-16-17-13(19)7-24-14(17)23/h1-6H,7H2/b16-6+. The number of furan rings is 1. The zero-order valence-electron chi connectivity index (χ0n) is 11.8. The first-order valence-electron chi connectivity index (χ1n) is 6.53. The number of hydrazone groups is 1. The summed E-state index contributed by atoms with van der Waals surface area (Å²) in [6.45, 7) is 0. The van der Waals surface area contributed by atoms with Crippen LogP contribution >= 0.6 is 39.9 Å². The second-order valence-corrected chi connectivity index (χ2v) is 7.09. The van der Waals surface area contributed by atoms with Crippen LogP contribution in [0.5, 0.6) is 0 Å². The molecule has 24 heavy (non-hydrogen) atoms. The average Bonchev–Trinajstić information content (AvgIpc) is 3.13. The summed E-state index contributed by atoms with van der Waals surface area (Å²) in [7, 11) is 0. The number of nitrogens with zero attached hydrogens (tertiary/aromatic N) is 3. The Bertz CT molecular complexity index is 865. The normalized spacial score (nSPS) is 14.8. The van der Waals surface area contributed by atoms with E-state index in [0.29, 0.717) is 25.9 Å². The van der Waals surface area contributed by atoms with Crippen LogP contribution in [0.15, 0.2) is 44.3 Å². The van der Waals surface area contributed by atoms with Crippen LogP contribution in [0.25, 0.3) is 11.3 Å². The number of thioether (sulfide) groups is 1. The van der Waals surface area contributed by atoms with Crippen LogP contribution in [0, 0.1) is 10.1 Å². The van der Waals surface area contributed by atoms with Gasteiger partial charge < -0.3 is 4.42 Å². The molecule has 7 nitrogen and oxygen atoms in total. The molecule has 2 aromatic rings. The van der Waals surface area contributed by atoms with Crippen molar-refractivity contribution in [3.8, 4) is 11.3 Å². The molecule has 122 valence electrons. The Kier molecular flexibility index (Phi) is 4.78. The van der Waals surface area contributed by atoms with Gasteiger partial charge in [0.15, 0.2) is 4.32 Å². The van der Waals surface area contributed by atoms with E-state index in [1.165, 1.54) is 30.1 Å². The van der Waals surface area contributed by atoms with Gasteiger partial charge in [0.05, 0.1) is 16.9 Å². The Morgan fingerprint density at radius 3 is 2.83 bits per heavy atom. The number of rotatable bonds is 4. The summed E-state index contributed by atoms with van der Waals surface area (Å²) in [6.07, 6.45) is 1.40. The molecule has 0 bridgehead atoms. The van der Waals surface area contributed by atoms with Crippen LogP contribution in [-0.4, -0.2) is 32.1 Å². The first-order valence-corrected chi connectivity index (χ1v) is 8.72. The number of nitro benzene ring substituents is 1. The monoisotopic (exact) mass is 425 g/mol. The third-order valence-electron chi connectivity index (χ3n) is 3.08. The zero-order chi connectivity index (χ0) is 17.3. The molecule has 0 atom stereocenters. The smallest absolute Gasteiger partial charge is 0.270 e. The Morgan fingerprint density at radius 2 is 2.21 bits per heavy atom. The number of nitro groups is 1. The summed E-state index contributed by atoms with van der Waals surface area (Å²) in [4.78, 5) is 21.9. The number of thiocarbonyl (C=S) groups is 1. The molecule has 1 aliphatic rings. The van der Waals surface area contributed by atoms with E-state index in [0.717, 1.165) is 5.01 Å². The van der Waals surface area contributed by atoms with Gasteiger partial charge in [0.2, 0.25) is 0 Å². The van der Waals surface area contributed by atoms with E-state index < -0.39 is 4.92 Å². The van der Waals surface area contributed by atoms with E-state index in [9.17, 15) is 14.9 Å². The Morgan fingerprint density at radius 1 is 1.42 bits per heavy atom. The summed E-state index contributed by atoms with van der Waals surface area (Å²) in [5.41, 5.74) is 0.654. The van der Waals surface area contributed by atoms with E-state index in [1.54, 1.807) is 18.2 Å². The molecule has 10 heteroatoms. The highest BCUT2D eigenvalue weighted by atomic mass is 79.9. The van der Waals surface area contributed by atoms with Crippen LogP contribution in [-0.2, 0) is 4.79 Å². The second-order valence-electron chi connectivity index (χ2n) is 4.63. The Hall–Kier alpha value is -2.04. The second kappa shape index (κ2) is 6.83. The van der Waals surface area contributed by atoms with E-state index in [-0.39, 0.29) is 17.3 Å². The van der Waals surface area contributed by atoms with Crippen molar-refractivity contribution < 1.29 is 14.1 Å². The van der Waals surface area contributed by atoms with Gasteiger partial charge in [0, 0.05) is 22.2 Å². The van der Waals surface area contributed by atoms with Crippen molar-refractivity contribution in [2.45, 2.75) is 0 Å². The molecule has 1 aromatic heterocycles. The molecule has 1 aromatic carbocycles. The molecule has 0 spiro atoms. The van der Waals surface area contributed by atoms with E-state index in [2.05, 4.69) is 21.0 Å². The van der Waals surface area contributed by atoms with Crippen LogP contribution < -0.4 is 0 Å². The third kappa shape index (κ3) is 3.40. The summed E-state index contributed by atoms with van der Waals surface area (Å²) in [5.74, 6) is 1.06. The van der Waals surface area contributed by atoms with Crippen molar-refractivity contribution in [1.29, 1.82) is 0 Å². The molecule has 1 amide bonds. The maximum atomic E-state index is 11.6. The molecular weight excluding hydrogens is 418 g/mol. The molecular formula is C14H8BrN3O4S2. The first kappa shape index (κ1) is 16.8. The minimum Gasteiger partial charge on any atom is -0.455 e. The molecule has 1 aliphatic heterocycles. The fourth-order valence-corrected chi connectivity index (χ4v) is 3.49. The Labute approximate surface area is 154 Å². The van der Waals surface area contributed by atoms with Crippen LogP contribution in [0.2, 0.25) is 0 Å². The van der Waals surface area contributed by atoms with Crippen LogP contribution in [0.1, 0.15) is 5.76 Å². The van der Waals surface area contributed by atoms with E-state index in [1.807, 2.05) is 0 Å². The lowest BCUT2D eigenvalue weighted by Gasteiger charge is -2.05. The van der Waals surface area contributed by atoms with Gasteiger partial charge in [-0.2, -0.15) is 10.1 Å². The number of non-ortho nitro benzene ring substituents is 1. The molecule has 0 N–H and O–H groups in total. The topological polar surface area (TPSA) is 89.0 Å². The van der Waals surface area contributed by atoms with Crippen molar-refractivity contribution in [3.63, 3.8) is 0 Å². The number of halogens is 1. The van der Waals surface area contributed by atoms with Crippen molar-refractivity contribution in [3.05, 3.63) is 50.7 Å². The fraction of sp³-hybridized carbons (Fsp3) is 0.0714. The minimum atomic E-state index is -0.470. The summed E-state index contributed by atoms with van der Waals surface area (Å²) in [5, 5.41) is 15.9. The van der Waals surface area contributed by atoms with Gasteiger partial charge in [-0.25, -0.2) is 0 Å². The Balaban J connectivity index is 1.82. The van der Waals surface area contributed by atoms with E-state index in [4.69, 9.17) is 16.6 Å². The van der Waals surface area contributed by atoms with Gasteiger partial charge in [-0.1, -0.05) is 24.0 Å². The van der Waals surface area contributed by atoms with Crippen LogP contribution in [0.4, 0.5) is 5.69 Å². The first-order chi connectivity index (χ1) is 11.5. The van der Waals surface area contributed by atoms with Gasteiger partial charge >= 0.3 is 0 Å². The summed E-state index contributed by atoms with van der Waals surface area (Å²) < 4.78 is 6.59. The van der Waals surface area contributed by atoms with Gasteiger partial charge in [-0.15, -0.1) is 0 Å². The molecule has 1 fully saturated rings. The van der Waals surface area contributed by atoms with Crippen molar-refractivity contribution in [2.24, 2.45) is 5.10 Å². The number of hydrogen-bond acceptors (Lipinski definition) is 7. The van der Waals surface area contributed by atoms with Crippen LogP contribution in [0.3, 0.4) is 0 Å². The molecule has 0 unspecified atom stereocenters. The van der Waals surface area contributed by atoms with Gasteiger partial charge in [-0.3, -0.25) is 14.9 Å². The lowest BCUT2D eigenvalue weighted by atomic mass is 10.1. The van der Waals surface area contributed by atoms with Crippen molar-refractivity contribution >= 4 is 62.0 Å². The lowest BCUT2D eigenvalue weighted by molar-refractivity contribution is -0.384. The predicted octanol–water partition coefficient (Wildman–Crippen LogP) is 3.81. The van der Waals surface area contributed by atoms with Gasteiger partial charge in [0.25, 0.3) is 11.6 Å². The maximum Gasteiger partial charge on any atom is 0.270 e. The zero-order valence-corrected chi connectivity index (χ0v) is 15.1. The van der Waals surface area contributed by atoms with E-state index >= 15 is 0 Å². The quantitative estimate of drug-likeness (QED) is 0.320. The molecule has 3 rings (SSSR count). The SMILES string of the molecule is O=C1CSC(=S)N1/N=C/c1ccc(-c2ccc([N+](=O)[O-])cc2Br)o1. The lowest BCUT2D eigenvalue weighted by Crippen LogP contribution is -2.22. The van der Waals surface area contributed by atoms with Crippen molar-refractivity contribution in [2.75, 3.05) is 5.75 Å². The molecule has 0 aliphatic carbocycles. The fourth-order valence-electron chi connectivity index (χ4n) is 1.96. The average molecular weight is 426 g/mol. The maximum absolute atomic E-state index is 11.6. The number of amides is 1. The number of carbonyl (C=O) groups excluding carboxylic acids is 1. The molecule has 0 radical (unpaired) electrons. The van der Waals surface area contributed by atoms with Gasteiger partial charge in [0.1, 0.15) is 11.5 Å². The highest BCUT2D eigenvalue weighted by Gasteiger charge is 2.26. The predicted molar refractivity (Wildman–Crippen MR) is 98.0 cm³/mol. The number of carbonyl (C=O) groups is 1. The summed E-state index contributed by atoms with van der Waals surface area (Å²) >= 11 is 9.59. The largest absolute Gasteiger partial charge is 0.455 e. The third-order valence-corrected chi connectivity index (χ3v) is 5.08. The molecule has 1 saturated heterocycles. The number of benzene rings is 1. The molecule has 0 saturated carbocycles. The summed E-state index contributed by atoms with van der Waals surface area (Å²) in [6, 6.07) is 7.80.